The van der Waals surface area contributed by atoms with Crippen LogP contribution in [0.15, 0.2) is 6.07 Å². The maximum absolute atomic E-state index is 12.5. The number of anilines is 1. The monoisotopic (exact) mass is 487 g/mol. The van der Waals surface area contributed by atoms with Gasteiger partial charge in [0.1, 0.15) is 5.60 Å². The minimum atomic E-state index is -0.455. The van der Waals surface area contributed by atoms with Crippen LogP contribution in [0.1, 0.15) is 84.9 Å². The molecule has 5 heterocycles. The molecule has 3 unspecified atom stereocenters. The van der Waals surface area contributed by atoms with Gasteiger partial charge in [0.05, 0.1) is 19.3 Å². The number of morpholine rings is 1. The van der Waals surface area contributed by atoms with Gasteiger partial charge < -0.3 is 19.3 Å². The number of fused-ring (bicyclic) bond motifs is 2. The van der Waals surface area contributed by atoms with Crippen molar-refractivity contribution in [2.24, 2.45) is 0 Å². The Kier molecular flexibility index (Phi) is 6.58. The molecule has 0 radical (unpaired) electrons. The zero-order valence-corrected chi connectivity index (χ0v) is 22.6. The summed E-state index contributed by atoms with van der Waals surface area (Å²) in [6, 6.07) is 4.47. The van der Waals surface area contributed by atoms with Crippen molar-refractivity contribution in [1.29, 1.82) is 0 Å². The molecule has 4 aliphatic rings. The molecule has 4 fully saturated rings. The van der Waals surface area contributed by atoms with Gasteiger partial charge >= 0.3 is 6.09 Å². The van der Waals surface area contributed by atoms with Crippen molar-refractivity contribution >= 4 is 11.9 Å². The van der Waals surface area contributed by atoms with Gasteiger partial charge in [-0.25, -0.2) is 4.79 Å². The molecular formula is C27H45N5O3. The van der Waals surface area contributed by atoms with Crippen molar-refractivity contribution in [3.8, 4) is 0 Å². The van der Waals surface area contributed by atoms with E-state index in [1.54, 1.807) is 0 Å². The van der Waals surface area contributed by atoms with Gasteiger partial charge in [-0.2, -0.15) is 5.10 Å². The molecule has 8 nitrogen and oxygen atoms in total. The lowest BCUT2D eigenvalue weighted by Crippen LogP contribution is -2.60. The summed E-state index contributed by atoms with van der Waals surface area (Å²) >= 11 is 0. The van der Waals surface area contributed by atoms with E-state index in [9.17, 15) is 4.79 Å². The number of likely N-dealkylation sites (tertiary alicyclic amines) is 1. The first-order valence-corrected chi connectivity index (χ1v) is 13.7. The van der Waals surface area contributed by atoms with Crippen LogP contribution < -0.4 is 4.90 Å². The summed E-state index contributed by atoms with van der Waals surface area (Å²) in [5.74, 6) is 1.10. The number of ether oxygens (including phenoxy) is 2. The number of nitrogens with zero attached hydrogens (tertiary/aromatic N) is 5. The standard InChI is InChI=1S/C27H45N5O3/c1-19-15-24(28-32(19)20-9-12-29(13-10-20)25(33)35-26(2,3)4)30-14-11-21(16-27(30,5)6)31-22-7-8-23(31)18-34-17-22/h15,20-23H,7-14,16-18H2,1-6H3. The van der Waals surface area contributed by atoms with E-state index in [4.69, 9.17) is 14.6 Å². The molecule has 8 heteroatoms. The fourth-order valence-corrected chi connectivity index (χ4v) is 6.90. The molecule has 0 N–H and O–H groups in total. The van der Waals surface area contributed by atoms with Crippen LogP contribution >= 0.6 is 0 Å². The fourth-order valence-electron chi connectivity index (χ4n) is 6.90. The van der Waals surface area contributed by atoms with Crippen LogP contribution in [-0.4, -0.2) is 87.8 Å². The zero-order valence-electron chi connectivity index (χ0n) is 22.6. The SMILES string of the molecule is Cc1cc(N2CCC(N3C4CCC3COC4)CC2(C)C)nn1C1CCN(C(=O)OC(C)(C)C)CC1. The molecule has 196 valence electrons. The van der Waals surface area contributed by atoms with Gasteiger partial charge in [0.2, 0.25) is 0 Å². The number of piperidine rings is 2. The second-order valence-electron chi connectivity index (χ2n) is 12.8. The molecule has 2 bridgehead atoms. The summed E-state index contributed by atoms with van der Waals surface area (Å²) in [5, 5.41) is 5.14. The smallest absolute Gasteiger partial charge is 0.410 e. The molecule has 1 amide bonds. The largest absolute Gasteiger partial charge is 0.444 e. The highest BCUT2D eigenvalue weighted by atomic mass is 16.6. The highest BCUT2D eigenvalue weighted by Gasteiger charge is 2.46. The Labute approximate surface area is 210 Å². The summed E-state index contributed by atoms with van der Waals surface area (Å²) in [4.78, 5) is 19.6. The maximum Gasteiger partial charge on any atom is 0.410 e. The topological polar surface area (TPSA) is 63.1 Å². The first-order chi connectivity index (χ1) is 16.5. The average molecular weight is 488 g/mol. The molecule has 3 atom stereocenters. The van der Waals surface area contributed by atoms with E-state index in [-0.39, 0.29) is 11.6 Å². The summed E-state index contributed by atoms with van der Waals surface area (Å²) in [7, 11) is 0. The number of hydrogen-bond donors (Lipinski definition) is 0. The predicted molar refractivity (Wildman–Crippen MR) is 137 cm³/mol. The molecule has 0 aromatic carbocycles. The third-order valence-corrected chi connectivity index (χ3v) is 8.52. The van der Waals surface area contributed by atoms with Gasteiger partial charge in [-0.05, 0) is 80.1 Å². The van der Waals surface area contributed by atoms with Crippen molar-refractivity contribution in [2.75, 3.05) is 37.7 Å². The molecule has 0 spiro atoms. The van der Waals surface area contributed by atoms with E-state index in [1.165, 1.54) is 31.4 Å². The van der Waals surface area contributed by atoms with E-state index >= 15 is 0 Å². The Balaban J connectivity index is 1.22. The van der Waals surface area contributed by atoms with Gasteiger partial charge in [-0.3, -0.25) is 9.58 Å². The summed E-state index contributed by atoms with van der Waals surface area (Å²) in [6.45, 7) is 17.0. The first kappa shape index (κ1) is 24.9. The van der Waals surface area contributed by atoms with Gasteiger partial charge in [-0.1, -0.05) is 0 Å². The van der Waals surface area contributed by atoms with Crippen LogP contribution in [0.5, 0.6) is 0 Å². The molecule has 35 heavy (non-hydrogen) atoms. The lowest BCUT2D eigenvalue weighted by atomic mass is 9.85. The highest BCUT2D eigenvalue weighted by Crippen LogP contribution is 2.40. The van der Waals surface area contributed by atoms with E-state index in [0.717, 1.165) is 38.4 Å². The minimum Gasteiger partial charge on any atom is -0.444 e. The number of aromatic nitrogens is 2. The van der Waals surface area contributed by atoms with Crippen LogP contribution in [-0.2, 0) is 9.47 Å². The van der Waals surface area contributed by atoms with Gasteiger partial charge in [0, 0.05) is 55.1 Å². The third-order valence-electron chi connectivity index (χ3n) is 8.52. The molecule has 5 rings (SSSR count). The lowest BCUT2D eigenvalue weighted by Gasteiger charge is -2.51. The second-order valence-corrected chi connectivity index (χ2v) is 12.8. The van der Waals surface area contributed by atoms with Gasteiger partial charge in [-0.15, -0.1) is 0 Å². The Morgan fingerprint density at radius 1 is 1.00 bits per heavy atom. The van der Waals surface area contributed by atoms with Gasteiger partial charge in [0.15, 0.2) is 5.82 Å². The Hall–Kier alpha value is -1.80. The molecule has 0 aliphatic carbocycles. The average Bonchev–Trinajstić information content (AvgIpc) is 3.27. The Bertz CT molecular complexity index is 898. The second kappa shape index (κ2) is 9.25. The van der Waals surface area contributed by atoms with Crippen LogP contribution in [0, 0.1) is 6.92 Å². The molecule has 1 aromatic heterocycles. The van der Waals surface area contributed by atoms with Crippen LogP contribution in [0.2, 0.25) is 0 Å². The molecule has 0 saturated carbocycles. The highest BCUT2D eigenvalue weighted by molar-refractivity contribution is 5.68. The van der Waals surface area contributed by atoms with Crippen LogP contribution in [0.25, 0.3) is 0 Å². The lowest BCUT2D eigenvalue weighted by molar-refractivity contribution is -0.0463. The maximum atomic E-state index is 12.5. The number of carbonyl (C=O) groups is 1. The quantitative estimate of drug-likeness (QED) is 0.631. The van der Waals surface area contributed by atoms with E-state index in [2.05, 4.69) is 41.3 Å². The van der Waals surface area contributed by atoms with Gasteiger partial charge in [0.25, 0.3) is 0 Å². The van der Waals surface area contributed by atoms with E-state index in [1.807, 2.05) is 25.7 Å². The Morgan fingerprint density at radius 3 is 2.23 bits per heavy atom. The fraction of sp³-hybridized carbons (Fsp3) is 0.852. The normalized spacial score (nSPS) is 30.1. The van der Waals surface area contributed by atoms with Crippen molar-refractivity contribution in [1.82, 2.24) is 19.6 Å². The summed E-state index contributed by atoms with van der Waals surface area (Å²) < 4.78 is 13.6. The number of hydrogen-bond acceptors (Lipinski definition) is 6. The van der Waals surface area contributed by atoms with Crippen LogP contribution in [0.4, 0.5) is 10.6 Å². The summed E-state index contributed by atoms with van der Waals surface area (Å²) in [6.07, 6.45) is 6.56. The van der Waals surface area contributed by atoms with Crippen molar-refractivity contribution in [3.05, 3.63) is 11.8 Å². The number of amides is 1. The van der Waals surface area contributed by atoms with E-state index < -0.39 is 5.60 Å². The molecule has 1 aromatic rings. The Morgan fingerprint density at radius 2 is 1.63 bits per heavy atom. The minimum absolute atomic E-state index is 0.0619. The summed E-state index contributed by atoms with van der Waals surface area (Å²) in [5.41, 5.74) is 0.815. The number of aryl methyl sites for hydroxylation is 1. The predicted octanol–water partition coefficient (Wildman–Crippen LogP) is 4.37. The first-order valence-electron chi connectivity index (χ1n) is 13.7. The third kappa shape index (κ3) is 5.06. The molecule has 4 aliphatic heterocycles. The molecular weight excluding hydrogens is 442 g/mol. The number of carbonyl (C=O) groups excluding carboxylic acids is 1. The number of rotatable bonds is 3. The zero-order chi connectivity index (χ0) is 25.0. The molecule has 4 saturated heterocycles. The van der Waals surface area contributed by atoms with Crippen molar-refractivity contribution in [2.45, 2.75) is 115 Å². The van der Waals surface area contributed by atoms with Crippen molar-refractivity contribution < 1.29 is 14.3 Å². The van der Waals surface area contributed by atoms with Crippen LogP contribution in [0.3, 0.4) is 0 Å². The van der Waals surface area contributed by atoms with E-state index in [0.29, 0.717) is 37.3 Å². The van der Waals surface area contributed by atoms with Crippen molar-refractivity contribution in [3.63, 3.8) is 0 Å².